The third kappa shape index (κ3) is 3.29. The van der Waals surface area contributed by atoms with Gasteiger partial charge >= 0.3 is 0 Å². The van der Waals surface area contributed by atoms with Gasteiger partial charge in [-0.2, -0.15) is 0 Å². The highest BCUT2D eigenvalue weighted by molar-refractivity contribution is 7.99. The van der Waals surface area contributed by atoms with Crippen LogP contribution in [0.3, 0.4) is 0 Å². The van der Waals surface area contributed by atoms with Crippen LogP contribution in [-0.2, 0) is 16.9 Å². The number of nitro benzene ring substituents is 1. The molecule has 0 amide bonds. The zero-order valence-corrected chi connectivity index (χ0v) is 14.8. The van der Waals surface area contributed by atoms with E-state index in [0.717, 1.165) is 17.3 Å². The molecule has 2 heterocycles. The van der Waals surface area contributed by atoms with E-state index in [4.69, 9.17) is 0 Å². The highest BCUT2D eigenvalue weighted by Gasteiger charge is 2.32. The maximum atomic E-state index is 11.6. The number of nitro groups is 1. The Hall–Kier alpha value is -1.94. The van der Waals surface area contributed by atoms with Crippen LogP contribution in [0.4, 0.5) is 5.69 Å². The lowest BCUT2D eigenvalue weighted by molar-refractivity contribution is -0.387. The Bertz CT molecular complexity index is 907. The molecule has 0 bridgehead atoms. The summed E-state index contributed by atoms with van der Waals surface area (Å²) in [5, 5.41) is 19.9. The van der Waals surface area contributed by atoms with Gasteiger partial charge in [0.2, 0.25) is 0 Å². The quantitative estimate of drug-likeness (QED) is 0.600. The molecule has 1 fully saturated rings. The number of aryl methyl sites for hydroxylation is 1. The van der Waals surface area contributed by atoms with Crippen molar-refractivity contribution in [3.8, 4) is 0 Å². The third-order valence-electron chi connectivity index (χ3n) is 3.98. The van der Waals surface area contributed by atoms with Gasteiger partial charge in [-0.15, -0.1) is 10.2 Å². The van der Waals surface area contributed by atoms with Crippen molar-refractivity contribution in [1.29, 1.82) is 0 Å². The average Bonchev–Trinajstić information content (AvgIpc) is 3.04. The second-order valence-corrected chi connectivity index (χ2v) is 9.07. The Labute approximate surface area is 143 Å². The second kappa shape index (κ2) is 6.17. The molecule has 1 unspecified atom stereocenters. The van der Waals surface area contributed by atoms with Gasteiger partial charge in [-0.05, 0) is 36.7 Å². The first kappa shape index (κ1) is 16.9. The summed E-state index contributed by atoms with van der Waals surface area (Å²) in [4.78, 5) is 11.3. The van der Waals surface area contributed by atoms with Crippen LogP contribution in [0, 0.1) is 17.0 Å². The van der Waals surface area contributed by atoms with Gasteiger partial charge in [-0.25, -0.2) is 8.42 Å². The van der Waals surface area contributed by atoms with Crippen molar-refractivity contribution < 1.29 is 13.3 Å². The highest BCUT2D eigenvalue weighted by Crippen LogP contribution is 2.36. The summed E-state index contributed by atoms with van der Waals surface area (Å²) in [5.74, 6) is 0.674. The van der Waals surface area contributed by atoms with Gasteiger partial charge < -0.3 is 4.57 Å². The van der Waals surface area contributed by atoms with Gasteiger partial charge in [0.05, 0.1) is 21.3 Å². The highest BCUT2D eigenvalue weighted by atomic mass is 32.2. The van der Waals surface area contributed by atoms with Crippen LogP contribution >= 0.6 is 11.8 Å². The van der Waals surface area contributed by atoms with E-state index in [9.17, 15) is 18.5 Å². The van der Waals surface area contributed by atoms with E-state index in [1.165, 1.54) is 6.07 Å². The number of hydrogen-bond acceptors (Lipinski definition) is 7. The summed E-state index contributed by atoms with van der Waals surface area (Å²) in [6.45, 7) is 1.79. The molecule has 0 aliphatic carbocycles. The lowest BCUT2D eigenvalue weighted by atomic mass is 10.1. The minimum absolute atomic E-state index is 0.0213. The Morgan fingerprint density at radius 1 is 1.38 bits per heavy atom. The lowest BCUT2D eigenvalue weighted by Gasteiger charge is -2.08. The van der Waals surface area contributed by atoms with E-state index in [2.05, 4.69) is 10.2 Å². The van der Waals surface area contributed by atoms with Gasteiger partial charge in [-0.1, -0.05) is 6.07 Å². The van der Waals surface area contributed by atoms with Crippen LogP contribution in [0.1, 0.15) is 23.7 Å². The summed E-state index contributed by atoms with van der Waals surface area (Å²) in [5.41, 5.74) is 0.828. The van der Waals surface area contributed by atoms with Crippen LogP contribution < -0.4 is 0 Å². The number of benzene rings is 1. The molecule has 1 aromatic heterocycles. The molecule has 1 aromatic carbocycles. The summed E-state index contributed by atoms with van der Waals surface area (Å²) in [6, 6.07) is 5.01. The van der Waals surface area contributed by atoms with Crippen molar-refractivity contribution in [3.05, 3.63) is 39.7 Å². The Morgan fingerprint density at radius 3 is 2.75 bits per heavy atom. The maximum Gasteiger partial charge on any atom is 0.283 e. The topological polar surface area (TPSA) is 108 Å². The molecule has 0 N–H and O–H groups in total. The van der Waals surface area contributed by atoms with Crippen LogP contribution in [0.2, 0.25) is 0 Å². The molecule has 1 saturated heterocycles. The molecule has 8 nitrogen and oxygen atoms in total. The molecular weight excluding hydrogens is 352 g/mol. The number of rotatable bonds is 4. The minimum atomic E-state index is -3.01. The predicted octanol–water partition coefficient (Wildman–Crippen LogP) is 2.09. The third-order valence-corrected chi connectivity index (χ3v) is 6.85. The van der Waals surface area contributed by atoms with E-state index < -0.39 is 14.8 Å². The molecule has 24 heavy (non-hydrogen) atoms. The molecule has 2 aromatic rings. The molecule has 0 radical (unpaired) electrons. The van der Waals surface area contributed by atoms with Gasteiger partial charge in [0.1, 0.15) is 5.82 Å². The van der Waals surface area contributed by atoms with Gasteiger partial charge in [0.15, 0.2) is 15.0 Å². The first-order valence-corrected chi connectivity index (χ1v) is 9.93. The van der Waals surface area contributed by atoms with Crippen molar-refractivity contribution in [3.63, 3.8) is 0 Å². The standard InChI is InChI=1S/C14H16N4O4S2/c1-9-3-4-12(11(7-9)18(19)20)23-14-16-15-13(17(14)2)10-5-6-24(21,22)8-10/h3-4,7,10H,5-6,8H2,1-2H3. The molecule has 0 saturated carbocycles. The van der Waals surface area contributed by atoms with Crippen molar-refractivity contribution in [2.45, 2.75) is 29.3 Å². The van der Waals surface area contributed by atoms with Crippen molar-refractivity contribution >= 4 is 27.3 Å². The fraction of sp³-hybridized carbons (Fsp3) is 0.429. The molecular formula is C14H16N4O4S2. The molecule has 128 valence electrons. The van der Waals surface area contributed by atoms with E-state index in [-0.39, 0.29) is 23.1 Å². The van der Waals surface area contributed by atoms with Crippen molar-refractivity contribution in [1.82, 2.24) is 14.8 Å². The molecule has 1 aliphatic rings. The predicted molar refractivity (Wildman–Crippen MR) is 89.0 cm³/mol. The van der Waals surface area contributed by atoms with Crippen LogP contribution in [-0.4, -0.2) is 39.6 Å². The number of nitrogens with zero attached hydrogens (tertiary/aromatic N) is 4. The zero-order chi connectivity index (χ0) is 17.5. The van der Waals surface area contributed by atoms with Gasteiger partial charge in [-0.3, -0.25) is 10.1 Å². The number of hydrogen-bond donors (Lipinski definition) is 0. The maximum absolute atomic E-state index is 11.6. The van der Waals surface area contributed by atoms with E-state index >= 15 is 0 Å². The lowest BCUT2D eigenvalue weighted by Crippen LogP contribution is -2.09. The van der Waals surface area contributed by atoms with E-state index in [1.807, 2.05) is 0 Å². The monoisotopic (exact) mass is 368 g/mol. The molecule has 1 aliphatic heterocycles. The SMILES string of the molecule is Cc1ccc(Sc2nnc(C3CCS(=O)(=O)C3)n2C)c([N+](=O)[O-])c1. The Morgan fingerprint density at radius 2 is 2.12 bits per heavy atom. The molecule has 10 heteroatoms. The summed E-state index contributed by atoms with van der Waals surface area (Å²) >= 11 is 1.16. The summed E-state index contributed by atoms with van der Waals surface area (Å²) in [7, 11) is -1.26. The first-order valence-electron chi connectivity index (χ1n) is 7.29. The van der Waals surface area contributed by atoms with E-state index in [1.54, 1.807) is 30.7 Å². The fourth-order valence-corrected chi connectivity index (χ4v) is 5.35. The smallest absolute Gasteiger partial charge is 0.283 e. The van der Waals surface area contributed by atoms with Crippen LogP contribution in [0.5, 0.6) is 0 Å². The minimum Gasteiger partial charge on any atom is -0.309 e. The van der Waals surface area contributed by atoms with Crippen LogP contribution in [0.25, 0.3) is 0 Å². The molecule has 1 atom stereocenters. The fourth-order valence-electron chi connectivity index (χ4n) is 2.72. The Balaban J connectivity index is 1.89. The van der Waals surface area contributed by atoms with Gasteiger partial charge in [0, 0.05) is 19.0 Å². The van der Waals surface area contributed by atoms with E-state index in [0.29, 0.717) is 22.3 Å². The van der Waals surface area contributed by atoms with Gasteiger partial charge in [0.25, 0.3) is 5.69 Å². The number of aromatic nitrogens is 3. The number of sulfone groups is 1. The summed E-state index contributed by atoms with van der Waals surface area (Å²) in [6.07, 6.45) is 0.531. The molecule has 3 rings (SSSR count). The van der Waals surface area contributed by atoms with Crippen LogP contribution in [0.15, 0.2) is 28.3 Å². The summed E-state index contributed by atoms with van der Waals surface area (Å²) < 4.78 is 25.0. The normalized spacial score (nSPS) is 19.5. The molecule has 0 spiro atoms. The second-order valence-electron chi connectivity index (χ2n) is 5.83. The van der Waals surface area contributed by atoms with Crippen molar-refractivity contribution in [2.24, 2.45) is 7.05 Å². The zero-order valence-electron chi connectivity index (χ0n) is 13.2. The largest absolute Gasteiger partial charge is 0.309 e. The average molecular weight is 368 g/mol. The Kier molecular flexibility index (Phi) is 4.35. The van der Waals surface area contributed by atoms with Crippen molar-refractivity contribution in [2.75, 3.05) is 11.5 Å². The first-order chi connectivity index (χ1) is 11.3.